The van der Waals surface area contributed by atoms with Gasteiger partial charge in [-0.2, -0.15) is 0 Å². The first-order valence-corrected chi connectivity index (χ1v) is 9.00. The molecule has 0 aliphatic heterocycles. The fourth-order valence-electron chi connectivity index (χ4n) is 2.45. The Balaban J connectivity index is 1.76. The van der Waals surface area contributed by atoms with Gasteiger partial charge in [-0.15, -0.1) is 0 Å². The van der Waals surface area contributed by atoms with Gasteiger partial charge in [-0.3, -0.25) is 0 Å². The third kappa shape index (κ3) is 3.71. The number of hydrogen-bond donors (Lipinski definition) is 1. The van der Waals surface area contributed by atoms with Crippen LogP contribution in [0.4, 0.5) is 10.8 Å². The molecular weight excluding hydrogens is 350 g/mol. The summed E-state index contributed by atoms with van der Waals surface area (Å²) >= 11 is 7.59. The van der Waals surface area contributed by atoms with E-state index in [1.807, 2.05) is 78.9 Å². The largest absolute Gasteiger partial charge is 0.340 e. The van der Waals surface area contributed by atoms with E-state index < -0.39 is 0 Å². The Kier molecular flexibility index (Phi) is 4.46. The van der Waals surface area contributed by atoms with Crippen LogP contribution in [0.15, 0.2) is 83.9 Å². The molecule has 0 radical (unpaired) electrons. The molecule has 0 unspecified atom stereocenters. The van der Waals surface area contributed by atoms with Gasteiger partial charge in [0.2, 0.25) is 5.13 Å². The summed E-state index contributed by atoms with van der Waals surface area (Å²) < 4.78 is 1.03. The third-order valence-electron chi connectivity index (χ3n) is 3.63. The van der Waals surface area contributed by atoms with E-state index in [9.17, 15) is 0 Å². The quantitative estimate of drug-likeness (QED) is 0.350. The normalized spacial score (nSPS) is 11.6. The SMILES string of the molecule is Clc1ccc2nc(N=C(Nc3ccccc3)c3ccccc3)sc2c1. The van der Waals surface area contributed by atoms with E-state index in [4.69, 9.17) is 16.6 Å². The number of anilines is 1. The zero-order valence-electron chi connectivity index (χ0n) is 13.2. The zero-order valence-corrected chi connectivity index (χ0v) is 14.8. The molecule has 122 valence electrons. The van der Waals surface area contributed by atoms with Gasteiger partial charge in [0.05, 0.1) is 10.2 Å². The Morgan fingerprint density at radius 2 is 1.64 bits per heavy atom. The summed E-state index contributed by atoms with van der Waals surface area (Å²) in [5.41, 5.74) is 2.89. The van der Waals surface area contributed by atoms with Crippen molar-refractivity contribution in [1.82, 2.24) is 4.98 Å². The van der Waals surface area contributed by atoms with Crippen molar-refractivity contribution in [3.05, 3.63) is 89.4 Å². The van der Waals surface area contributed by atoms with Crippen LogP contribution in [0.3, 0.4) is 0 Å². The lowest BCUT2D eigenvalue weighted by Gasteiger charge is -2.09. The number of nitrogens with zero attached hydrogens (tertiary/aromatic N) is 2. The maximum absolute atomic E-state index is 6.07. The van der Waals surface area contributed by atoms with E-state index in [0.717, 1.165) is 27.3 Å². The minimum Gasteiger partial charge on any atom is -0.340 e. The predicted octanol–water partition coefficient (Wildman–Crippen LogP) is 6.14. The summed E-state index contributed by atoms with van der Waals surface area (Å²) in [6.45, 7) is 0. The van der Waals surface area contributed by atoms with Crippen molar-refractivity contribution >= 4 is 49.8 Å². The zero-order chi connectivity index (χ0) is 17.1. The van der Waals surface area contributed by atoms with Crippen LogP contribution in [0.25, 0.3) is 10.2 Å². The van der Waals surface area contributed by atoms with Crippen molar-refractivity contribution in [2.24, 2.45) is 4.99 Å². The number of fused-ring (bicyclic) bond motifs is 1. The lowest BCUT2D eigenvalue weighted by Crippen LogP contribution is -2.13. The van der Waals surface area contributed by atoms with E-state index in [-0.39, 0.29) is 0 Å². The highest BCUT2D eigenvalue weighted by atomic mass is 35.5. The molecule has 0 saturated heterocycles. The number of para-hydroxylation sites is 1. The fourth-order valence-corrected chi connectivity index (χ4v) is 3.57. The highest BCUT2D eigenvalue weighted by Gasteiger charge is 2.08. The monoisotopic (exact) mass is 363 g/mol. The number of hydrogen-bond acceptors (Lipinski definition) is 3. The molecule has 0 atom stereocenters. The van der Waals surface area contributed by atoms with E-state index in [0.29, 0.717) is 10.2 Å². The fraction of sp³-hybridized carbons (Fsp3) is 0. The summed E-state index contributed by atoms with van der Waals surface area (Å²) in [4.78, 5) is 9.35. The summed E-state index contributed by atoms with van der Waals surface area (Å²) in [5, 5.41) is 4.79. The molecule has 4 aromatic rings. The number of amidine groups is 1. The molecule has 3 nitrogen and oxygen atoms in total. The molecule has 1 N–H and O–H groups in total. The second-order valence-electron chi connectivity index (χ2n) is 5.43. The van der Waals surface area contributed by atoms with Crippen LogP contribution in [-0.2, 0) is 0 Å². The van der Waals surface area contributed by atoms with Gasteiger partial charge in [-0.25, -0.2) is 9.98 Å². The third-order valence-corrected chi connectivity index (χ3v) is 4.78. The second-order valence-corrected chi connectivity index (χ2v) is 6.87. The molecule has 25 heavy (non-hydrogen) atoms. The second kappa shape index (κ2) is 7.05. The molecule has 3 aromatic carbocycles. The Labute approximate surface area is 154 Å². The first-order chi connectivity index (χ1) is 12.3. The molecule has 4 rings (SSSR count). The van der Waals surface area contributed by atoms with Gasteiger partial charge >= 0.3 is 0 Å². The molecule has 0 aliphatic carbocycles. The Hall–Kier alpha value is -2.69. The van der Waals surface area contributed by atoms with Gasteiger partial charge < -0.3 is 5.32 Å². The van der Waals surface area contributed by atoms with Gasteiger partial charge in [0.25, 0.3) is 0 Å². The molecule has 1 heterocycles. The number of aliphatic imine (C=N–C) groups is 1. The van der Waals surface area contributed by atoms with Gasteiger partial charge in [0, 0.05) is 16.3 Å². The lowest BCUT2D eigenvalue weighted by atomic mass is 10.2. The number of rotatable bonds is 3. The average molecular weight is 364 g/mol. The molecule has 5 heteroatoms. The molecule has 0 spiro atoms. The Morgan fingerprint density at radius 3 is 2.40 bits per heavy atom. The van der Waals surface area contributed by atoms with Crippen molar-refractivity contribution in [2.45, 2.75) is 0 Å². The lowest BCUT2D eigenvalue weighted by molar-refractivity contribution is 1.39. The Bertz CT molecular complexity index is 1030. The Morgan fingerprint density at radius 1 is 0.920 bits per heavy atom. The summed E-state index contributed by atoms with van der Waals surface area (Å²) in [6.07, 6.45) is 0. The van der Waals surface area contributed by atoms with Crippen LogP contribution >= 0.6 is 22.9 Å². The van der Waals surface area contributed by atoms with Crippen LogP contribution < -0.4 is 5.32 Å². The maximum atomic E-state index is 6.07. The van der Waals surface area contributed by atoms with E-state index in [1.54, 1.807) is 0 Å². The van der Waals surface area contributed by atoms with Crippen LogP contribution in [0.5, 0.6) is 0 Å². The molecule has 0 aliphatic rings. The highest BCUT2D eigenvalue weighted by Crippen LogP contribution is 2.30. The predicted molar refractivity (Wildman–Crippen MR) is 107 cm³/mol. The smallest absolute Gasteiger partial charge is 0.212 e. The van der Waals surface area contributed by atoms with Crippen molar-refractivity contribution in [3.8, 4) is 0 Å². The van der Waals surface area contributed by atoms with E-state index in [1.165, 1.54) is 11.3 Å². The number of nitrogens with one attached hydrogen (secondary N) is 1. The van der Waals surface area contributed by atoms with Crippen molar-refractivity contribution in [2.75, 3.05) is 5.32 Å². The topological polar surface area (TPSA) is 37.3 Å². The van der Waals surface area contributed by atoms with Crippen LogP contribution in [0.1, 0.15) is 5.56 Å². The maximum Gasteiger partial charge on any atom is 0.212 e. The minimum absolute atomic E-state index is 0.694. The molecule has 0 bridgehead atoms. The highest BCUT2D eigenvalue weighted by molar-refractivity contribution is 7.22. The summed E-state index contributed by atoms with van der Waals surface area (Å²) in [6, 6.07) is 25.7. The minimum atomic E-state index is 0.694. The first-order valence-electron chi connectivity index (χ1n) is 7.80. The van der Waals surface area contributed by atoms with Crippen LogP contribution in [-0.4, -0.2) is 10.8 Å². The van der Waals surface area contributed by atoms with E-state index in [2.05, 4.69) is 10.3 Å². The molecule has 0 amide bonds. The van der Waals surface area contributed by atoms with Crippen molar-refractivity contribution in [1.29, 1.82) is 0 Å². The number of thiazole rings is 1. The van der Waals surface area contributed by atoms with Gasteiger partial charge in [-0.05, 0) is 30.3 Å². The van der Waals surface area contributed by atoms with E-state index >= 15 is 0 Å². The van der Waals surface area contributed by atoms with Gasteiger partial charge in [-0.1, -0.05) is 71.5 Å². The van der Waals surface area contributed by atoms with Crippen LogP contribution in [0.2, 0.25) is 5.02 Å². The summed E-state index contributed by atoms with van der Waals surface area (Å²) in [5.74, 6) is 0.761. The van der Waals surface area contributed by atoms with Gasteiger partial charge in [0.1, 0.15) is 5.84 Å². The summed E-state index contributed by atoms with van der Waals surface area (Å²) in [7, 11) is 0. The van der Waals surface area contributed by atoms with Crippen LogP contribution in [0, 0.1) is 0 Å². The van der Waals surface area contributed by atoms with Crippen molar-refractivity contribution in [3.63, 3.8) is 0 Å². The average Bonchev–Trinajstić information content (AvgIpc) is 3.04. The molecule has 0 fully saturated rings. The molecule has 0 saturated carbocycles. The molecular formula is C20H14ClN3S. The van der Waals surface area contributed by atoms with Crippen molar-refractivity contribution < 1.29 is 0 Å². The number of halogens is 1. The molecule has 1 aromatic heterocycles. The van der Waals surface area contributed by atoms with Gasteiger partial charge in [0.15, 0.2) is 0 Å². The standard InChI is InChI=1S/C20H14ClN3S/c21-15-11-12-17-18(13-15)25-20(23-17)24-19(14-7-3-1-4-8-14)22-16-9-5-2-6-10-16/h1-13H,(H,22,23,24). The first kappa shape index (κ1) is 15.8. The number of aromatic nitrogens is 1. The number of benzene rings is 3.